The summed E-state index contributed by atoms with van der Waals surface area (Å²) in [6.45, 7) is 5.09. The average molecular weight is 433 g/mol. The first-order valence-electron chi connectivity index (χ1n) is 14.2. The van der Waals surface area contributed by atoms with Crippen LogP contribution in [0.4, 0.5) is 0 Å². The molecule has 182 valence electrons. The van der Waals surface area contributed by atoms with Gasteiger partial charge in [0.05, 0.1) is 0 Å². The van der Waals surface area contributed by atoms with E-state index in [1.54, 1.807) is 6.21 Å². The molecule has 31 heavy (non-hydrogen) atoms. The highest BCUT2D eigenvalue weighted by Crippen LogP contribution is 2.25. The maximum atomic E-state index is 7.03. The van der Waals surface area contributed by atoms with Crippen LogP contribution in [0.5, 0.6) is 0 Å². The van der Waals surface area contributed by atoms with Crippen molar-refractivity contribution < 1.29 is 0 Å². The minimum absolute atomic E-state index is 0.843. The molecular weight excluding hydrogens is 376 g/mol. The SMILES string of the molecule is C=CCCCCCCCC1NCC1CCCCCCCCCCCCCCCCC=N. The molecule has 1 fully saturated rings. The lowest BCUT2D eigenvalue weighted by Gasteiger charge is -2.38. The first-order valence-corrected chi connectivity index (χ1v) is 14.2. The van der Waals surface area contributed by atoms with Crippen molar-refractivity contribution in [1.29, 1.82) is 5.41 Å². The van der Waals surface area contributed by atoms with Gasteiger partial charge in [0.15, 0.2) is 0 Å². The highest BCUT2D eigenvalue weighted by molar-refractivity contribution is 5.52. The molecule has 0 aliphatic carbocycles. The van der Waals surface area contributed by atoms with Gasteiger partial charge in [0.25, 0.3) is 0 Å². The zero-order valence-electron chi connectivity index (χ0n) is 21.0. The molecule has 1 rings (SSSR count). The average Bonchev–Trinajstić information content (AvgIpc) is 2.77. The summed E-state index contributed by atoms with van der Waals surface area (Å²) in [6, 6.07) is 0.843. The first-order chi connectivity index (χ1) is 15.4. The molecule has 0 radical (unpaired) electrons. The highest BCUT2D eigenvalue weighted by atomic mass is 15.0. The molecule has 2 atom stereocenters. The minimum Gasteiger partial charge on any atom is -0.313 e. The van der Waals surface area contributed by atoms with E-state index in [1.165, 1.54) is 148 Å². The van der Waals surface area contributed by atoms with E-state index < -0.39 is 0 Å². The first kappa shape index (κ1) is 28.4. The van der Waals surface area contributed by atoms with Crippen LogP contribution in [0, 0.1) is 11.3 Å². The lowest BCUT2D eigenvalue weighted by Crippen LogP contribution is -2.52. The van der Waals surface area contributed by atoms with E-state index in [4.69, 9.17) is 5.41 Å². The van der Waals surface area contributed by atoms with Gasteiger partial charge in [0, 0.05) is 6.04 Å². The van der Waals surface area contributed by atoms with Crippen molar-refractivity contribution in [1.82, 2.24) is 5.32 Å². The third kappa shape index (κ3) is 17.6. The Balaban J connectivity index is 1.74. The van der Waals surface area contributed by atoms with Gasteiger partial charge in [-0.3, -0.25) is 0 Å². The van der Waals surface area contributed by atoms with Crippen LogP contribution in [0.2, 0.25) is 0 Å². The van der Waals surface area contributed by atoms with E-state index >= 15 is 0 Å². The predicted molar refractivity (Wildman–Crippen MR) is 140 cm³/mol. The monoisotopic (exact) mass is 432 g/mol. The molecule has 2 N–H and O–H groups in total. The summed E-state index contributed by atoms with van der Waals surface area (Å²) in [7, 11) is 0. The maximum Gasteiger partial charge on any atom is 0.0108 e. The normalized spacial score (nSPS) is 18.1. The number of nitrogens with one attached hydrogen (secondary N) is 2. The number of allylic oxidation sites excluding steroid dienone is 1. The van der Waals surface area contributed by atoms with Gasteiger partial charge in [-0.25, -0.2) is 0 Å². The summed E-state index contributed by atoms with van der Waals surface area (Å²) in [5.74, 6) is 0.983. The molecule has 0 aromatic carbocycles. The fourth-order valence-electron chi connectivity index (χ4n) is 5.05. The molecule has 0 bridgehead atoms. The van der Waals surface area contributed by atoms with Crippen molar-refractivity contribution in [2.45, 2.75) is 154 Å². The van der Waals surface area contributed by atoms with Crippen LogP contribution in [-0.2, 0) is 0 Å². The van der Waals surface area contributed by atoms with Crippen molar-refractivity contribution >= 4 is 6.21 Å². The Hall–Kier alpha value is -0.630. The van der Waals surface area contributed by atoms with Crippen LogP contribution in [0.15, 0.2) is 12.7 Å². The Morgan fingerprint density at radius 1 is 0.581 bits per heavy atom. The Bertz CT molecular complexity index is 392. The standard InChI is InChI=1S/C29H56N2/c1-2-3-4-5-15-19-22-25-29-28(27-31-29)24-21-18-16-13-11-9-7-6-8-10-12-14-17-20-23-26-30/h2,26,28-31H,1,3-25,27H2. The third-order valence-corrected chi connectivity index (χ3v) is 7.31. The molecule has 0 spiro atoms. The number of unbranched alkanes of at least 4 members (excludes halogenated alkanes) is 19. The van der Waals surface area contributed by atoms with Crippen LogP contribution in [0.1, 0.15) is 148 Å². The van der Waals surface area contributed by atoms with Crippen LogP contribution in [0.3, 0.4) is 0 Å². The van der Waals surface area contributed by atoms with Crippen molar-refractivity contribution in [2.75, 3.05) is 6.54 Å². The fourth-order valence-corrected chi connectivity index (χ4v) is 5.05. The Kier molecular flexibility index (Phi) is 20.7. The lowest BCUT2D eigenvalue weighted by atomic mass is 9.83. The highest BCUT2D eigenvalue weighted by Gasteiger charge is 2.28. The molecule has 1 saturated heterocycles. The van der Waals surface area contributed by atoms with Gasteiger partial charge in [-0.1, -0.05) is 115 Å². The molecule has 1 aliphatic heterocycles. The smallest absolute Gasteiger partial charge is 0.0108 e. The van der Waals surface area contributed by atoms with Gasteiger partial charge in [0.2, 0.25) is 0 Å². The molecule has 0 aromatic rings. The van der Waals surface area contributed by atoms with Gasteiger partial charge < -0.3 is 10.7 Å². The van der Waals surface area contributed by atoms with E-state index in [0.717, 1.165) is 18.4 Å². The van der Waals surface area contributed by atoms with Crippen molar-refractivity contribution in [3.63, 3.8) is 0 Å². The maximum absolute atomic E-state index is 7.03. The number of hydrogen-bond acceptors (Lipinski definition) is 2. The van der Waals surface area contributed by atoms with E-state index in [-0.39, 0.29) is 0 Å². The zero-order valence-corrected chi connectivity index (χ0v) is 21.0. The summed E-state index contributed by atoms with van der Waals surface area (Å²) in [6.07, 6.45) is 35.5. The Morgan fingerprint density at radius 3 is 1.42 bits per heavy atom. The third-order valence-electron chi connectivity index (χ3n) is 7.31. The van der Waals surface area contributed by atoms with E-state index in [9.17, 15) is 0 Å². The Morgan fingerprint density at radius 2 is 1.00 bits per heavy atom. The van der Waals surface area contributed by atoms with Crippen LogP contribution in [0.25, 0.3) is 0 Å². The quantitative estimate of drug-likeness (QED) is 0.0841. The summed E-state index contributed by atoms with van der Waals surface area (Å²) in [5.41, 5.74) is 0. The summed E-state index contributed by atoms with van der Waals surface area (Å²) >= 11 is 0. The van der Waals surface area contributed by atoms with Crippen molar-refractivity contribution in [2.24, 2.45) is 5.92 Å². The van der Waals surface area contributed by atoms with Gasteiger partial charge >= 0.3 is 0 Å². The molecule has 1 aliphatic rings. The summed E-state index contributed by atoms with van der Waals surface area (Å²) < 4.78 is 0. The molecule has 0 amide bonds. The largest absolute Gasteiger partial charge is 0.313 e. The van der Waals surface area contributed by atoms with E-state index in [1.807, 2.05) is 0 Å². The zero-order chi connectivity index (χ0) is 22.2. The second-order valence-electron chi connectivity index (χ2n) is 10.1. The van der Waals surface area contributed by atoms with Crippen LogP contribution >= 0.6 is 0 Å². The lowest BCUT2D eigenvalue weighted by molar-refractivity contribution is 0.197. The number of hydrogen-bond donors (Lipinski definition) is 2. The number of rotatable bonds is 25. The van der Waals surface area contributed by atoms with Crippen LogP contribution < -0.4 is 5.32 Å². The molecule has 2 heteroatoms. The van der Waals surface area contributed by atoms with E-state index in [2.05, 4.69) is 18.0 Å². The van der Waals surface area contributed by atoms with E-state index in [0.29, 0.717) is 0 Å². The topological polar surface area (TPSA) is 35.9 Å². The summed E-state index contributed by atoms with van der Waals surface area (Å²) in [5, 5.41) is 10.7. The minimum atomic E-state index is 0.843. The van der Waals surface area contributed by atoms with Gasteiger partial charge in [-0.15, -0.1) is 6.58 Å². The van der Waals surface area contributed by atoms with Gasteiger partial charge in [0.1, 0.15) is 0 Å². The molecule has 2 unspecified atom stereocenters. The van der Waals surface area contributed by atoms with Crippen molar-refractivity contribution in [3.05, 3.63) is 12.7 Å². The molecule has 0 saturated carbocycles. The van der Waals surface area contributed by atoms with Crippen LogP contribution in [-0.4, -0.2) is 18.8 Å². The van der Waals surface area contributed by atoms with Gasteiger partial charge in [-0.2, -0.15) is 0 Å². The summed E-state index contributed by atoms with van der Waals surface area (Å²) in [4.78, 5) is 0. The predicted octanol–water partition coefficient (Wildman–Crippen LogP) is 9.38. The second-order valence-corrected chi connectivity index (χ2v) is 10.1. The van der Waals surface area contributed by atoms with Gasteiger partial charge in [-0.05, 0) is 57.2 Å². The second kappa shape index (κ2) is 22.6. The fraction of sp³-hybridized carbons (Fsp3) is 0.897. The molecule has 2 nitrogen and oxygen atoms in total. The Labute approximate surface area is 195 Å². The molecule has 0 aromatic heterocycles. The molecule has 1 heterocycles. The molecular formula is C29H56N2. The van der Waals surface area contributed by atoms with Crippen molar-refractivity contribution in [3.8, 4) is 0 Å².